The molecule has 0 bridgehead atoms. The molecule has 0 unspecified atom stereocenters. The van der Waals surface area contributed by atoms with Gasteiger partial charge in [-0.15, -0.1) is 0 Å². The number of carbonyl (C=O) groups is 2. The fraction of sp³-hybridized carbons (Fsp3) is 0.258. The van der Waals surface area contributed by atoms with Gasteiger partial charge in [0, 0.05) is 22.6 Å². The Bertz CT molecular complexity index is 1520. The van der Waals surface area contributed by atoms with Gasteiger partial charge in [-0.3, -0.25) is 4.79 Å². The van der Waals surface area contributed by atoms with Crippen LogP contribution < -0.4 is 24.4 Å². The van der Waals surface area contributed by atoms with Crippen LogP contribution >= 0.6 is 0 Å². The van der Waals surface area contributed by atoms with Gasteiger partial charge in [-0.1, -0.05) is 0 Å². The van der Waals surface area contributed by atoms with Gasteiger partial charge in [-0.25, -0.2) is 10.2 Å². The number of hydrogen-bond donors (Lipinski definition) is 1. The molecule has 42 heavy (non-hydrogen) atoms. The highest BCUT2D eigenvalue weighted by Crippen LogP contribution is 2.39. The molecule has 1 amide bonds. The number of rotatable bonds is 12. The van der Waals surface area contributed by atoms with Crippen LogP contribution in [0.4, 0.5) is 0 Å². The van der Waals surface area contributed by atoms with Crippen LogP contribution in [-0.4, -0.2) is 50.1 Å². The van der Waals surface area contributed by atoms with E-state index in [9.17, 15) is 9.59 Å². The number of amides is 1. The Labute approximate surface area is 243 Å². The summed E-state index contributed by atoms with van der Waals surface area (Å²) >= 11 is 0. The maximum absolute atomic E-state index is 12.6. The zero-order valence-electron chi connectivity index (χ0n) is 24.3. The number of aryl methyl sites for hydroxylation is 2. The molecule has 220 valence electrons. The summed E-state index contributed by atoms with van der Waals surface area (Å²) in [5.41, 5.74) is 6.33. The first kappa shape index (κ1) is 29.8. The number of hydrogen-bond acceptors (Lipinski definition) is 9. The van der Waals surface area contributed by atoms with Crippen LogP contribution in [-0.2, 0) is 16.1 Å². The van der Waals surface area contributed by atoms with Gasteiger partial charge in [0.2, 0.25) is 5.75 Å². The van der Waals surface area contributed by atoms with E-state index in [0.29, 0.717) is 28.6 Å². The van der Waals surface area contributed by atoms with E-state index in [-0.39, 0.29) is 18.1 Å². The molecule has 4 aromatic rings. The molecule has 0 spiro atoms. The Morgan fingerprint density at radius 2 is 1.60 bits per heavy atom. The number of nitrogens with one attached hydrogen (secondary N) is 1. The summed E-state index contributed by atoms with van der Waals surface area (Å²) in [5.74, 6) is 0.988. The molecule has 0 aliphatic rings. The SMILES string of the molecule is COC(=O)[C@H](C)Oc1c(OC)cc(/C=N/NC(=O)c2ccc(COc3ccc(-n4c(C)ccc4C)cc3)o2)cc1OC. The van der Waals surface area contributed by atoms with E-state index in [4.69, 9.17) is 28.1 Å². The molecular weight excluding hydrogens is 542 g/mol. The molecule has 2 aromatic heterocycles. The van der Waals surface area contributed by atoms with Crippen molar-refractivity contribution < 1.29 is 37.7 Å². The molecule has 11 heteroatoms. The van der Waals surface area contributed by atoms with E-state index in [2.05, 4.69) is 41.1 Å². The van der Waals surface area contributed by atoms with Crippen LogP contribution in [0.25, 0.3) is 5.69 Å². The Balaban J connectivity index is 1.34. The second kappa shape index (κ2) is 13.4. The van der Waals surface area contributed by atoms with Crippen LogP contribution in [0.2, 0.25) is 0 Å². The van der Waals surface area contributed by atoms with Gasteiger partial charge < -0.3 is 32.7 Å². The maximum atomic E-state index is 12.6. The quantitative estimate of drug-likeness (QED) is 0.142. The lowest BCUT2D eigenvalue weighted by atomic mass is 10.2. The van der Waals surface area contributed by atoms with Crippen LogP contribution in [0.5, 0.6) is 23.0 Å². The number of esters is 1. The molecule has 1 atom stereocenters. The minimum absolute atomic E-state index is 0.0790. The van der Waals surface area contributed by atoms with Gasteiger partial charge >= 0.3 is 11.9 Å². The highest BCUT2D eigenvalue weighted by atomic mass is 16.6. The predicted molar refractivity (Wildman–Crippen MR) is 155 cm³/mol. The number of benzene rings is 2. The zero-order valence-corrected chi connectivity index (χ0v) is 24.3. The summed E-state index contributed by atoms with van der Waals surface area (Å²) < 4.78 is 34.8. The highest BCUT2D eigenvalue weighted by molar-refractivity contribution is 5.92. The number of hydrazone groups is 1. The smallest absolute Gasteiger partial charge is 0.346 e. The average Bonchev–Trinajstić information content (AvgIpc) is 3.62. The van der Waals surface area contributed by atoms with Crippen molar-refractivity contribution in [2.75, 3.05) is 21.3 Å². The second-order valence-electron chi connectivity index (χ2n) is 9.24. The van der Waals surface area contributed by atoms with Crippen LogP contribution in [0, 0.1) is 13.8 Å². The molecule has 0 saturated heterocycles. The molecular formula is C31H33N3O8. The summed E-state index contributed by atoms with van der Waals surface area (Å²) in [6, 6.07) is 18.4. The fourth-order valence-electron chi connectivity index (χ4n) is 4.20. The lowest BCUT2D eigenvalue weighted by Crippen LogP contribution is -2.25. The van der Waals surface area contributed by atoms with Crippen molar-refractivity contribution in [2.24, 2.45) is 5.10 Å². The van der Waals surface area contributed by atoms with Crippen LogP contribution in [0.3, 0.4) is 0 Å². The number of carbonyl (C=O) groups excluding carboxylic acids is 2. The summed E-state index contributed by atoms with van der Waals surface area (Å²) in [5, 5.41) is 4.00. The molecule has 2 aromatic carbocycles. The Kier molecular flexibility index (Phi) is 9.53. The standard InChI is InChI=1S/C31H33N3O8/c1-19-7-8-20(2)34(19)23-9-11-24(12-10-23)40-18-25-13-14-26(42-25)30(35)33-32-17-22-15-27(37-4)29(28(16-22)38-5)41-21(3)31(36)39-6/h7-17,21H,18H2,1-6H3,(H,33,35)/b32-17+/t21-/m0/s1. The van der Waals surface area contributed by atoms with E-state index in [1.54, 1.807) is 31.2 Å². The van der Waals surface area contributed by atoms with Crippen molar-refractivity contribution in [1.82, 2.24) is 9.99 Å². The first-order chi connectivity index (χ1) is 20.2. The lowest BCUT2D eigenvalue weighted by Gasteiger charge is -2.18. The third kappa shape index (κ3) is 6.92. The zero-order chi connectivity index (χ0) is 30.2. The monoisotopic (exact) mass is 575 g/mol. The first-order valence-electron chi connectivity index (χ1n) is 13.0. The maximum Gasteiger partial charge on any atom is 0.346 e. The Morgan fingerprint density at radius 3 is 2.19 bits per heavy atom. The number of methoxy groups -OCH3 is 3. The molecule has 0 radical (unpaired) electrons. The van der Waals surface area contributed by atoms with Crippen molar-refractivity contribution in [1.29, 1.82) is 0 Å². The third-order valence-electron chi connectivity index (χ3n) is 6.32. The minimum Gasteiger partial charge on any atom is -0.493 e. The van der Waals surface area contributed by atoms with E-state index in [1.165, 1.54) is 27.5 Å². The van der Waals surface area contributed by atoms with Crippen molar-refractivity contribution in [2.45, 2.75) is 33.5 Å². The van der Waals surface area contributed by atoms with E-state index < -0.39 is 18.0 Å². The number of nitrogens with zero attached hydrogens (tertiary/aromatic N) is 2. The summed E-state index contributed by atoms with van der Waals surface area (Å²) in [6.07, 6.45) is 0.522. The van der Waals surface area contributed by atoms with E-state index in [0.717, 1.165) is 17.1 Å². The van der Waals surface area contributed by atoms with Gasteiger partial charge in [-0.05, 0) is 81.4 Å². The summed E-state index contributed by atoms with van der Waals surface area (Å²) in [7, 11) is 4.17. The number of furan rings is 1. The molecule has 2 heterocycles. The van der Waals surface area contributed by atoms with Crippen molar-refractivity contribution in [3.8, 4) is 28.7 Å². The van der Waals surface area contributed by atoms with Gasteiger partial charge in [0.25, 0.3) is 0 Å². The molecule has 4 rings (SSSR count). The molecule has 0 aliphatic heterocycles. The molecule has 0 aliphatic carbocycles. The van der Waals surface area contributed by atoms with E-state index >= 15 is 0 Å². The molecule has 0 saturated carbocycles. The lowest BCUT2D eigenvalue weighted by molar-refractivity contribution is -0.148. The normalized spacial score (nSPS) is 11.7. The fourth-order valence-corrected chi connectivity index (χ4v) is 4.20. The topological polar surface area (TPSA) is 123 Å². The summed E-state index contributed by atoms with van der Waals surface area (Å²) in [6.45, 7) is 5.82. The van der Waals surface area contributed by atoms with Crippen molar-refractivity contribution in [3.63, 3.8) is 0 Å². The second-order valence-corrected chi connectivity index (χ2v) is 9.24. The number of aromatic nitrogens is 1. The average molecular weight is 576 g/mol. The minimum atomic E-state index is -0.885. The number of ether oxygens (including phenoxy) is 5. The van der Waals surface area contributed by atoms with Crippen LogP contribution in [0.1, 0.15) is 40.2 Å². The van der Waals surface area contributed by atoms with Crippen molar-refractivity contribution >= 4 is 18.1 Å². The van der Waals surface area contributed by atoms with Gasteiger partial charge in [0.1, 0.15) is 18.1 Å². The van der Waals surface area contributed by atoms with Gasteiger partial charge in [0.05, 0.1) is 27.5 Å². The van der Waals surface area contributed by atoms with Gasteiger partial charge in [-0.2, -0.15) is 5.10 Å². The molecule has 1 N–H and O–H groups in total. The predicted octanol–water partition coefficient (Wildman–Crippen LogP) is 4.99. The van der Waals surface area contributed by atoms with Crippen LogP contribution in [0.15, 0.2) is 70.2 Å². The Morgan fingerprint density at radius 1 is 0.952 bits per heavy atom. The highest BCUT2D eigenvalue weighted by Gasteiger charge is 2.21. The first-order valence-corrected chi connectivity index (χ1v) is 13.0. The van der Waals surface area contributed by atoms with Gasteiger partial charge in [0.15, 0.2) is 23.4 Å². The van der Waals surface area contributed by atoms with E-state index in [1.807, 2.05) is 24.3 Å². The Hall–Kier alpha value is -5.19. The third-order valence-corrected chi connectivity index (χ3v) is 6.32. The largest absolute Gasteiger partial charge is 0.493 e. The van der Waals surface area contributed by atoms with Crippen molar-refractivity contribution in [3.05, 3.63) is 89.1 Å². The molecule has 0 fully saturated rings. The summed E-state index contributed by atoms with van der Waals surface area (Å²) in [4.78, 5) is 24.3. The molecule has 11 nitrogen and oxygen atoms in total.